The van der Waals surface area contributed by atoms with Crippen molar-refractivity contribution in [3.8, 4) is 0 Å². The van der Waals surface area contributed by atoms with Gasteiger partial charge >= 0.3 is 12.1 Å². The van der Waals surface area contributed by atoms with Crippen LogP contribution < -0.4 is 10.9 Å². The molecule has 0 fully saturated rings. The van der Waals surface area contributed by atoms with Gasteiger partial charge < -0.3 is 9.47 Å². The predicted molar refractivity (Wildman–Crippen MR) is 98.7 cm³/mol. The highest BCUT2D eigenvalue weighted by atomic mass is 16.6. The summed E-state index contributed by atoms with van der Waals surface area (Å²) in [5.74, 6) is -0.448. The van der Waals surface area contributed by atoms with Gasteiger partial charge in [0.15, 0.2) is 0 Å². The Balaban J connectivity index is 1.72. The number of carbonyl (C=O) groups excluding carboxylic acids is 2. The SMILES string of the molecule is COC(=O)c1cccc2cccc(NNC(=O)OCc3ccccc3)c12. The lowest BCUT2D eigenvalue weighted by atomic mass is 10.0. The topological polar surface area (TPSA) is 76.7 Å². The summed E-state index contributed by atoms with van der Waals surface area (Å²) >= 11 is 0. The van der Waals surface area contributed by atoms with Gasteiger partial charge in [-0.05, 0) is 23.1 Å². The number of esters is 1. The number of fused-ring (bicyclic) bond motifs is 1. The summed E-state index contributed by atoms with van der Waals surface area (Å²) in [7, 11) is 1.33. The zero-order valence-corrected chi connectivity index (χ0v) is 14.2. The van der Waals surface area contributed by atoms with Crippen molar-refractivity contribution in [2.75, 3.05) is 12.5 Å². The minimum Gasteiger partial charge on any atom is -0.465 e. The van der Waals surface area contributed by atoms with Crippen LogP contribution in [0.1, 0.15) is 15.9 Å². The van der Waals surface area contributed by atoms with Crippen molar-refractivity contribution in [1.82, 2.24) is 5.43 Å². The molecule has 0 bridgehead atoms. The van der Waals surface area contributed by atoms with Gasteiger partial charge in [0, 0.05) is 5.39 Å². The second-order valence-electron chi connectivity index (χ2n) is 5.51. The summed E-state index contributed by atoms with van der Waals surface area (Å²) < 4.78 is 9.99. The highest BCUT2D eigenvalue weighted by molar-refractivity contribution is 6.09. The summed E-state index contributed by atoms with van der Waals surface area (Å²) in [4.78, 5) is 23.9. The summed E-state index contributed by atoms with van der Waals surface area (Å²) in [5.41, 5.74) is 7.16. The van der Waals surface area contributed by atoms with Crippen LogP contribution >= 0.6 is 0 Å². The Morgan fingerprint density at radius 1 is 0.923 bits per heavy atom. The Morgan fingerprint density at radius 2 is 1.65 bits per heavy atom. The molecule has 0 saturated carbocycles. The van der Waals surface area contributed by atoms with Crippen LogP contribution in [0.2, 0.25) is 0 Å². The molecule has 0 aliphatic heterocycles. The predicted octanol–water partition coefficient (Wildman–Crippen LogP) is 3.88. The number of ether oxygens (including phenoxy) is 2. The normalized spacial score (nSPS) is 10.2. The van der Waals surface area contributed by atoms with Crippen molar-refractivity contribution in [1.29, 1.82) is 0 Å². The number of hydrazine groups is 1. The van der Waals surface area contributed by atoms with Crippen molar-refractivity contribution in [2.45, 2.75) is 6.61 Å². The Morgan fingerprint density at radius 3 is 2.38 bits per heavy atom. The number of amides is 1. The van der Waals surface area contributed by atoms with E-state index in [4.69, 9.17) is 9.47 Å². The first-order valence-electron chi connectivity index (χ1n) is 8.02. The van der Waals surface area contributed by atoms with E-state index >= 15 is 0 Å². The number of benzene rings is 3. The number of hydrogen-bond donors (Lipinski definition) is 2. The second-order valence-corrected chi connectivity index (χ2v) is 5.51. The van der Waals surface area contributed by atoms with E-state index in [0.717, 1.165) is 10.9 Å². The van der Waals surface area contributed by atoms with Crippen LogP contribution in [-0.2, 0) is 16.1 Å². The smallest absolute Gasteiger partial charge is 0.426 e. The molecular formula is C20H18N2O4. The highest BCUT2D eigenvalue weighted by Crippen LogP contribution is 2.27. The molecule has 0 heterocycles. The van der Waals surface area contributed by atoms with E-state index in [1.165, 1.54) is 7.11 Å². The van der Waals surface area contributed by atoms with Crippen molar-refractivity contribution in [2.24, 2.45) is 0 Å². The maximum Gasteiger partial charge on any atom is 0.426 e. The monoisotopic (exact) mass is 350 g/mol. The molecule has 0 aliphatic rings. The Kier molecular flexibility index (Phi) is 5.34. The van der Waals surface area contributed by atoms with E-state index in [9.17, 15) is 9.59 Å². The standard InChI is InChI=1S/C20H18N2O4/c1-25-19(23)16-11-5-9-15-10-6-12-17(18(15)16)21-22-20(24)26-13-14-7-3-2-4-8-14/h2-12,21H,13H2,1H3,(H,22,24). The molecule has 3 aromatic rings. The Labute approximate surface area is 150 Å². The van der Waals surface area contributed by atoms with Crippen LogP contribution in [0.4, 0.5) is 10.5 Å². The molecule has 6 heteroatoms. The van der Waals surface area contributed by atoms with E-state index in [1.807, 2.05) is 48.5 Å². The number of methoxy groups -OCH3 is 1. The van der Waals surface area contributed by atoms with Crippen LogP contribution in [0.5, 0.6) is 0 Å². The molecule has 0 unspecified atom stereocenters. The summed E-state index contributed by atoms with van der Waals surface area (Å²) in [6.07, 6.45) is -0.624. The van der Waals surface area contributed by atoms with Crippen molar-refractivity contribution < 1.29 is 19.1 Å². The average Bonchev–Trinajstić information content (AvgIpc) is 2.70. The number of rotatable bonds is 5. The molecule has 132 valence electrons. The van der Waals surface area contributed by atoms with Crippen LogP contribution in [-0.4, -0.2) is 19.2 Å². The molecule has 2 N–H and O–H groups in total. The van der Waals surface area contributed by atoms with E-state index in [0.29, 0.717) is 16.6 Å². The second kappa shape index (κ2) is 8.02. The summed E-state index contributed by atoms with van der Waals surface area (Å²) in [6, 6.07) is 20.2. The quantitative estimate of drug-likeness (QED) is 0.539. The number of carbonyl (C=O) groups is 2. The summed E-state index contributed by atoms with van der Waals surface area (Å²) in [5, 5.41) is 1.50. The van der Waals surface area contributed by atoms with Crippen LogP contribution in [0.25, 0.3) is 10.8 Å². The zero-order chi connectivity index (χ0) is 18.4. The first kappa shape index (κ1) is 17.3. The maximum absolute atomic E-state index is 12.0. The molecule has 0 aromatic heterocycles. The number of hydrogen-bond acceptors (Lipinski definition) is 5. The van der Waals surface area contributed by atoms with Crippen molar-refractivity contribution in [3.05, 3.63) is 77.9 Å². The van der Waals surface area contributed by atoms with Gasteiger partial charge in [0.25, 0.3) is 0 Å². The Bertz CT molecular complexity index is 920. The van der Waals surface area contributed by atoms with Gasteiger partial charge in [0.2, 0.25) is 0 Å². The van der Waals surface area contributed by atoms with E-state index in [2.05, 4.69) is 10.9 Å². The molecule has 26 heavy (non-hydrogen) atoms. The van der Waals surface area contributed by atoms with Gasteiger partial charge in [-0.25, -0.2) is 15.0 Å². The van der Waals surface area contributed by atoms with E-state index < -0.39 is 12.1 Å². The van der Waals surface area contributed by atoms with Crippen LogP contribution in [0.3, 0.4) is 0 Å². The third-order valence-corrected chi connectivity index (χ3v) is 3.82. The molecular weight excluding hydrogens is 332 g/mol. The molecule has 0 atom stereocenters. The first-order valence-corrected chi connectivity index (χ1v) is 8.02. The fraction of sp³-hybridized carbons (Fsp3) is 0.100. The van der Waals surface area contributed by atoms with Gasteiger partial charge in [-0.3, -0.25) is 5.43 Å². The number of anilines is 1. The maximum atomic E-state index is 12.0. The molecule has 6 nitrogen and oxygen atoms in total. The molecule has 0 radical (unpaired) electrons. The lowest BCUT2D eigenvalue weighted by Crippen LogP contribution is -2.30. The van der Waals surface area contributed by atoms with Gasteiger partial charge in [-0.1, -0.05) is 54.6 Å². The van der Waals surface area contributed by atoms with Crippen LogP contribution in [0.15, 0.2) is 66.7 Å². The Hall–Kier alpha value is -3.54. The molecule has 3 rings (SSSR count). The average molecular weight is 350 g/mol. The van der Waals surface area contributed by atoms with Gasteiger partial charge in [0.1, 0.15) is 6.61 Å². The third-order valence-electron chi connectivity index (χ3n) is 3.82. The first-order chi connectivity index (χ1) is 12.7. The lowest BCUT2D eigenvalue weighted by molar-refractivity contribution is 0.0603. The highest BCUT2D eigenvalue weighted by Gasteiger charge is 2.13. The molecule has 1 amide bonds. The van der Waals surface area contributed by atoms with Gasteiger partial charge in [-0.15, -0.1) is 0 Å². The molecule has 3 aromatic carbocycles. The van der Waals surface area contributed by atoms with Gasteiger partial charge in [0.05, 0.1) is 18.4 Å². The molecule has 0 spiro atoms. The fourth-order valence-electron chi connectivity index (χ4n) is 2.60. The molecule has 0 aliphatic carbocycles. The minimum absolute atomic E-state index is 0.164. The fourth-order valence-corrected chi connectivity index (χ4v) is 2.60. The largest absolute Gasteiger partial charge is 0.465 e. The molecule has 0 saturated heterocycles. The van der Waals surface area contributed by atoms with Crippen molar-refractivity contribution >= 4 is 28.5 Å². The van der Waals surface area contributed by atoms with Crippen molar-refractivity contribution in [3.63, 3.8) is 0 Å². The zero-order valence-electron chi connectivity index (χ0n) is 14.2. The van der Waals surface area contributed by atoms with Crippen LogP contribution in [0, 0.1) is 0 Å². The lowest BCUT2D eigenvalue weighted by Gasteiger charge is -2.13. The van der Waals surface area contributed by atoms with E-state index in [-0.39, 0.29) is 6.61 Å². The third kappa shape index (κ3) is 3.92. The number of nitrogens with one attached hydrogen (secondary N) is 2. The minimum atomic E-state index is -0.624. The van der Waals surface area contributed by atoms with E-state index in [1.54, 1.807) is 18.2 Å². The summed E-state index contributed by atoms with van der Waals surface area (Å²) in [6.45, 7) is 0.164. The van der Waals surface area contributed by atoms with Gasteiger partial charge in [-0.2, -0.15) is 0 Å².